The number of hydrogen-bond acceptors (Lipinski definition) is 5. The number of thioether (sulfide) groups is 1. The maximum atomic E-state index is 6.05. The van der Waals surface area contributed by atoms with E-state index in [2.05, 4.69) is 34.9 Å². The van der Waals surface area contributed by atoms with Crippen LogP contribution in [-0.2, 0) is 6.54 Å². The molecule has 24 heavy (non-hydrogen) atoms. The third-order valence-corrected chi connectivity index (χ3v) is 4.32. The van der Waals surface area contributed by atoms with Crippen molar-refractivity contribution in [2.24, 2.45) is 0 Å². The quantitative estimate of drug-likeness (QED) is 0.670. The van der Waals surface area contributed by atoms with Gasteiger partial charge in [-0.05, 0) is 55.8 Å². The molecule has 3 rings (SSSR count). The van der Waals surface area contributed by atoms with Crippen molar-refractivity contribution in [1.29, 1.82) is 0 Å². The molecule has 0 bridgehead atoms. The molecule has 5 nitrogen and oxygen atoms in total. The number of nitrogens with zero attached hydrogens (tertiary/aromatic N) is 2. The minimum absolute atomic E-state index is 0.499. The Morgan fingerprint density at radius 1 is 1.17 bits per heavy atom. The fourth-order valence-corrected chi connectivity index (χ4v) is 2.80. The van der Waals surface area contributed by atoms with E-state index in [-0.39, 0.29) is 0 Å². The lowest BCUT2D eigenvalue weighted by Crippen LogP contribution is -2.07. The standard InChI is InChI=1S/C18H20N4OS/c1-20-12-13-11-14(22-10-9-18(19)21-22)3-8-17(13)23-15-4-6-16(24-2)7-5-15/h3-11,20H,12H2,1-2H3,(H2,19,21). The van der Waals surface area contributed by atoms with Crippen LogP contribution in [0.3, 0.4) is 0 Å². The highest BCUT2D eigenvalue weighted by Crippen LogP contribution is 2.29. The maximum absolute atomic E-state index is 6.05. The van der Waals surface area contributed by atoms with Crippen LogP contribution in [0.2, 0.25) is 0 Å². The Hall–Kier alpha value is -2.44. The van der Waals surface area contributed by atoms with Crippen LogP contribution in [0, 0.1) is 0 Å². The zero-order chi connectivity index (χ0) is 16.9. The van der Waals surface area contributed by atoms with Gasteiger partial charge in [-0.1, -0.05) is 0 Å². The minimum atomic E-state index is 0.499. The largest absolute Gasteiger partial charge is 0.457 e. The molecular formula is C18H20N4OS. The third kappa shape index (κ3) is 3.72. The van der Waals surface area contributed by atoms with E-state index in [9.17, 15) is 0 Å². The number of ether oxygens (including phenoxy) is 1. The summed E-state index contributed by atoms with van der Waals surface area (Å²) < 4.78 is 7.81. The van der Waals surface area contributed by atoms with Crippen LogP contribution in [0.5, 0.6) is 11.5 Å². The van der Waals surface area contributed by atoms with Gasteiger partial charge in [-0.2, -0.15) is 5.10 Å². The zero-order valence-electron chi connectivity index (χ0n) is 13.7. The molecule has 0 radical (unpaired) electrons. The molecule has 0 spiro atoms. The first-order chi connectivity index (χ1) is 11.7. The monoisotopic (exact) mass is 340 g/mol. The summed E-state index contributed by atoms with van der Waals surface area (Å²) in [6, 6.07) is 15.8. The highest BCUT2D eigenvalue weighted by Gasteiger charge is 2.08. The number of rotatable bonds is 6. The Balaban J connectivity index is 1.88. The van der Waals surface area contributed by atoms with E-state index in [4.69, 9.17) is 10.5 Å². The van der Waals surface area contributed by atoms with Gasteiger partial charge in [-0.25, -0.2) is 4.68 Å². The van der Waals surface area contributed by atoms with Crippen molar-refractivity contribution in [2.45, 2.75) is 11.4 Å². The number of anilines is 1. The Morgan fingerprint density at radius 3 is 2.58 bits per heavy atom. The number of nitrogens with one attached hydrogen (secondary N) is 1. The predicted molar refractivity (Wildman–Crippen MR) is 99.0 cm³/mol. The van der Waals surface area contributed by atoms with Crippen molar-refractivity contribution in [2.75, 3.05) is 19.0 Å². The topological polar surface area (TPSA) is 65.1 Å². The van der Waals surface area contributed by atoms with Crippen LogP contribution in [-0.4, -0.2) is 23.1 Å². The lowest BCUT2D eigenvalue weighted by Gasteiger charge is -2.13. The van der Waals surface area contributed by atoms with Crippen molar-refractivity contribution >= 4 is 17.6 Å². The first-order valence-electron chi connectivity index (χ1n) is 7.60. The molecule has 3 aromatic rings. The van der Waals surface area contributed by atoms with Crippen molar-refractivity contribution in [3.05, 3.63) is 60.3 Å². The van der Waals surface area contributed by atoms with Gasteiger partial charge in [0.15, 0.2) is 0 Å². The number of hydrogen-bond donors (Lipinski definition) is 2. The summed E-state index contributed by atoms with van der Waals surface area (Å²) in [5.74, 6) is 2.14. The molecule has 1 heterocycles. The number of benzene rings is 2. The average molecular weight is 340 g/mol. The van der Waals surface area contributed by atoms with E-state index in [1.54, 1.807) is 22.5 Å². The summed E-state index contributed by atoms with van der Waals surface area (Å²) in [4.78, 5) is 1.21. The van der Waals surface area contributed by atoms with Gasteiger partial charge in [0.05, 0.1) is 5.69 Å². The molecule has 0 fully saturated rings. The lowest BCUT2D eigenvalue weighted by atomic mass is 10.1. The molecule has 0 saturated heterocycles. The van der Waals surface area contributed by atoms with Crippen molar-refractivity contribution in [1.82, 2.24) is 15.1 Å². The summed E-state index contributed by atoms with van der Waals surface area (Å²) in [7, 11) is 1.91. The molecule has 0 aliphatic carbocycles. The Bertz CT molecular complexity index is 814. The van der Waals surface area contributed by atoms with Gasteiger partial charge >= 0.3 is 0 Å². The Morgan fingerprint density at radius 2 is 1.96 bits per heavy atom. The Kier molecular flexibility index (Phi) is 5.08. The summed E-state index contributed by atoms with van der Waals surface area (Å²) in [6.07, 6.45) is 3.90. The first kappa shape index (κ1) is 16.4. The average Bonchev–Trinajstić information content (AvgIpc) is 3.04. The van der Waals surface area contributed by atoms with Gasteiger partial charge in [0.25, 0.3) is 0 Å². The van der Waals surface area contributed by atoms with E-state index < -0.39 is 0 Å². The summed E-state index contributed by atoms with van der Waals surface area (Å²) in [5.41, 5.74) is 7.70. The maximum Gasteiger partial charge on any atom is 0.145 e. The van der Waals surface area contributed by atoms with Crippen molar-refractivity contribution in [3.8, 4) is 17.2 Å². The van der Waals surface area contributed by atoms with Crippen molar-refractivity contribution < 1.29 is 4.74 Å². The number of nitrogens with two attached hydrogens (primary N) is 1. The molecule has 0 aliphatic heterocycles. The van der Waals surface area contributed by atoms with Gasteiger partial charge in [0, 0.05) is 29.3 Å². The second-order valence-electron chi connectivity index (χ2n) is 5.29. The van der Waals surface area contributed by atoms with Crippen molar-refractivity contribution in [3.63, 3.8) is 0 Å². The minimum Gasteiger partial charge on any atom is -0.457 e. The summed E-state index contributed by atoms with van der Waals surface area (Å²) in [5, 5.41) is 7.42. The second-order valence-corrected chi connectivity index (χ2v) is 6.16. The summed E-state index contributed by atoms with van der Waals surface area (Å²) >= 11 is 1.71. The highest BCUT2D eigenvalue weighted by atomic mass is 32.2. The van der Waals surface area contributed by atoms with E-state index in [1.807, 2.05) is 37.5 Å². The van der Waals surface area contributed by atoms with E-state index in [1.165, 1.54) is 4.90 Å². The lowest BCUT2D eigenvalue weighted by molar-refractivity contribution is 0.473. The Labute approximate surface area is 145 Å². The molecule has 0 aliphatic rings. The van der Waals surface area contributed by atoms with Crippen LogP contribution in [0.25, 0.3) is 5.69 Å². The molecule has 1 aromatic heterocycles. The van der Waals surface area contributed by atoms with Gasteiger partial charge in [0.2, 0.25) is 0 Å². The van der Waals surface area contributed by atoms with Crippen LogP contribution in [0.15, 0.2) is 59.6 Å². The first-order valence-corrected chi connectivity index (χ1v) is 8.83. The third-order valence-electron chi connectivity index (χ3n) is 3.57. The van der Waals surface area contributed by atoms with Gasteiger partial charge < -0.3 is 15.8 Å². The van der Waals surface area contributed by atoms with Gasteiger partial charge in [-0.15, -0.1) is 11.8 Å². The molecule has 0 amide bonds. The summed E-state index contributed by atoms with van der Waals surface area (Å²) in [6.45, 7) is 0.697. The van der Waals surface area contributed by atoms with Crippen LogP contribution in [0.1, 0.15) is 5.56 Å². The van der Waals surface area contributed by atoms with Crippen LogP contribution in [0.4, 0.5) is 5.82 Å². The normalized spacial score (nSPS) is 10.8. The second kappa shape index (κ2) is 7.42. The molecule has 0 atom stereocenters. The molecule has 0 unspecified atom stereocenters. The molecular weight excluding hydrogens is 320 g/mol. The van der Waals surface area contributed by atoms with E-state index >= 15 is 0 Å². The van der Waals surface area contributed by atoms with E-state index in [0.717, 1.165) is 22.7 Å². The zero-order valence-corrected chi connectivity index (χ0v) is 14.5. The SMILES string of the molecule is CNCc1cc(-n2ccc(N)n2)ccc1Oc1ccc(SC)cc1. The fourth-order valence-electron chi connectivity index (χ4n) is 2.39. The van der Waals surface area contributed by atoms with Crippen LogP contribution >= 0.6 is 11.8 Å². The van der Waals surface area contributed by atoms with Crippen LogP contribution < -0.4 is 15.8 Å². The highest BCUT2D eigenvalue weighted by molar-refractivity contribution is 7.98. The number of nitrogen functional groups attached to an aromatic ring is 1. The molecule has 124 valence electrons. The molecule has 0 saturated carbocycles. The molecule has 2 aromatic carbocycles. The van der Waals surface area contributed by atoms with E-state index in [0.29, 0.717) is 12.4 Å². The molecule has 6 heteroatoms. The smallest absolute Gasteiger partial charge is 0.145 e. The van der Waals surface area contributed by atoms with Gasteiger partial charge in [0.1, 0.15) is 17.3 Å². The number of aromatic nitrogens is 2. The van der Waals surface area contributed by atoms with Gasteiger partial charge in [-0.3, -0.25) is 0 Å². The predicted octanol–water partition coefficient (Wildman–Crippen LogP) is 3.69. The molecule has 3 N–H and O–H groups in total. The fraction of sp³-hybridized carbons (Fsp3) is 0.167.